The molecule has 5 N–H and O–H groups in total. The second-order valence-electron chi connectivity index (χ2n) is 28.5. The molecule has 24 nitrogen and oxygen atoms in total. The van der Waals surface area contributed by atoms with Crippen LogP contribution in [0.4, 0.5) is 0 Å². The minimum absolute atomic E-state index is 0.00302. The highest BCUT2D eigenvalue weighted by molar-refractivity contribution is 7.99. The summed E-state index contributed by atoms with van der Waals surface area (Å²) in [6.45, 7) is 30.0. The molecular formula is C70H120N12O12S. The SMILES string of the molecule is CC=CC[C@@H](C)[C@@H](O)[C@@H]1C(=O)N[C@H](CC)C(=O)N(C)[C@H](CSCCc2ccncc2)C(=O)N(C)[C@@H](CC(C)C)C(=O)N[C@H](C(C)C)C(=O)N(C)C(CC(C)C)C(=O)N[C@H](C)C(=O)N[C@@H](C)C(=O)N(C)[C@H](CC(C)C)C(=O)N(C)[C@H](CC(C)C)C(=O)N(C)[C@H](C(C)C)C(=O)N1C. The molecule has 0 aliphatic carbocycles. The number of allylic oxidation sites excluding steroid dienone is 2. The van der Waals surface area contributed by atoms with Crippen molar-refractivity contribution in [3.63, 3.8) is 0 Å². The average Bonchev–Trinajstić information content (AvgIpc) is 0.814. The first kappa shape index (κ1) is 84.5. The molecule has 0 saturated carbocycles. The number of aliphatic hydroxyl groups is 1. The molecule has 2 heterocycles. The van der Waals surface area contributed by atoms with Gasteiger partial charge in [0.1, 0.15) is 66.5 Å². The number of amides is 11. The highest BCUT2D eigenvalue weighted by Crippen LogP contribution is 2.27. The molecule has 25 heteroatoms. The van der Waals surface area contributed by atoms with Gasteiger partial charge in [-0.3, -0.25) is 57.7 Å². The Hall–Kier alpha value is -6.63. The number of hydrogen-bond acceptors (Lipinski definition) is 14. The van der Waals surface area contributed by atoms with Crippen molar-refractivity contribution in [3.05, 3.63) is 42.2 Å². The lowest BCUT2D eigenvalue weighted by Gasteiger charge is -2.41. The van der Waals surface area contributed by atoms with E-state index in [2.05, 4.69) is 26.3 Å². The molecule has 0 radical (unpaired) electrons. The quantitative estimate of drug-likeness (QED) is 0.0848. The molecule has 1 aromatic heterocycles. The molecule has 538 valence electrons. The Balaban J connectivity index is 3.11. The summed E-state index contributed by atoms with van der Waals surface area (Å²) < 4.78 is 0. The summed E-state index contributed by atoms with van der Waals surface area (Å²) in [4.78, 5) is 177. The zero-order chi connectivity index (χ0) is 72.8. The van der Waals surface area contributed by atoms with Crippen LogP contribution in [0.1, 0.15) is 162 Å². The molecule has 1 unspecified atom stereocenters. The Morgan fingerprint density at radius 1 is 0.484 bits per heavy atom. The largest absolute Gasteiger partial charge is 0.390 e. The van der Waals surface area contributed by atoms with Crippen LogP contribution in [0.15, 0.2) is 36.7 Å². The molecule has 0 aromatic carbocycles. The maximum absolute atomic E-state index is 15.4. The molecule has 13 atom stereocenters. The van der Waals surface area contributed by atoms with Crippen molar-refractivity contribution in [1.82, 2.24) is 60.6 Å². The fourth-order valence-electron chi connectivity index (χ4n) is 11.9. The van der Waals surface area contributed by atoms with E-state index in [-0.39, 0.29) is 61.5 Å². The summed E-state index contributed by atoms with van der Waals surface area (Å²) in [7, 11) is 10.1. The minimum Gasteiger partial charge on any atom is -0.390 e. The first-order valence-corrected chi connectivity index (χ1v) is 35.2. The van der Waals surface area contributed by atoms with Gasteiger partial charge in [0, 0.05) is 67.5 Å². The molecule has 1 fully saturated rings. The van der Waals surface area contributed by atoms with Crippen molar-refractivity contribution >= 4 is 76.7 Å². The monoisotopic (exact) mass is 1350 g/mol. The maximum Gasteiger partial charge on any atom is 0.246 e. The second-order valence-corrected chi connectivity index (χ2v) is 29.6. The van der Waals surface area contributed by atoms with E-state index in [4.69, 9.17) is 0 Å². The number of nitrogens with zero attached hydrogens (tertiary/aromatic N) is 8. The van der Waals surface area contributed by atoms with Crippen LogP contribution in [0.2, 0.25) is 0 Å². The topological polar surface area (TPSA) is 292 Å². The van der Waals surface area contributed by atoms with Crippen LogP contribution in [-0.4, -0.2) is 243 Å². The number of thioether (sulfide) groups is 1. The van der Waals surface area contributed by atoms with E-state index in [1.807, 2.05) is 80.5 Å². The smallest absolute Gasteiger partial charge is 0.246 e. The van der Waals surface area contributed by atoms with E-state index in [9.17, 15) is 29.1 Å². The molecule has 1 aliphatic heterocycles. The van der Waals surface area contributed by atoms with Gasteiger partial charge in [-0.25, -0.2) is 0 Å². The zero-order valence-electron chi connectivity index (χ0n) is 61.7. The van der Waals surface area contributed by atoms with Gasteiger partial charge in [-0.15, -0.1) is 0 Å². The number of pyridine rings is 1. The van der Waals surface area contributed by atoms with E-state index in [0.29, 0.717) is 18.6 Å². The Kier molecular flexibility index (Phi) is 35.2. The maximum atomic E-state index is 15.4. The molecule has 1 aromatic rings. The zero-order valence-corrected chi connectivity index (χ0v) is 62.5. The number of carbonyl (C=O) groups is 11. The first-order valence-electron chi connectivity index (χ1n) is 34.0. The molecule has 0 spiro atoms. The van der Waals surface area contributed by atoms with Crippen molar-refractivity contribution in [2.24, 2.45) is 41.4 Å². The predicted octanol–water partition coefficient (Wildman–Crippen LogP) is 5.01. The number of hydrogen-bond donors (Lipinski definition) is 5. The van der Waals surface area contributed by atoms with Crippen molar-refractivity contribution < 1.29 is 57.8 Å². The number of nitrogens with one attached hydrogen (secondary N) is 4. The van der Waals surface area contributed by atoms with Gasteiger partial charge in [-0.05, 0) is 131 Å². The van der Waals surface area contributed by atoms with Crippen LogP contribution in [0, 0.1) is 41.4 Å². The number of aromatic nitrogens is 1. The lowest BCUT2D eigenvalue weighted by atomic mass is 9.91. The highest BCUT2D eigenvalue weighted by Gasteiger charge is 2.46. The summed E-state index contributed by atoms with van der Waals surface area (Å²) in [6, 6.07) is -10.1. The Labute approximate surface area is 572 Å². The van der Waals surface area contributed by atoms with Crippen molar-refractivity contribution in [3.8, 4) is 0 Å². The third-order valence-corrected chi connectivity index (χ3v) is 19.0. The van der Waals surface area contributed by atoms with Crippen LogP contribution < -0.4 is 21.3 Å². The van der Waals surface area contributed by atoms with Crippen molar-refractivity contribution in [2.75, 3.05) is 60.8 Å². The number of likely N-dealkylation sites (N-methyl/N-ethyl adjacent to an activating group) is 7. The Morgan fingerprint density at radius 2 is 0.905 bits per heavy atom. The van der Waals surface area contributed by atoms with Gasteiger partial charge >= 0.3 is 0 Å². The summed E-state index contributed by atoms with van der Waals surface area (Å²) in [5.41, 5.74) is 0.993. The summed E-state index contributed by atoms with van der Waals surface area (Å²) in [5.74, 6) is -9.30. The van der Waals surface area contributed by atoms with Gasteiger partial charge in [0.15, 0.2) is 0 Å². The third kappa shape index (κ3) is 24.2. The average molecular weight is 1350 g/mol. The second kappa shape index (κ2) is 39.6. The van der Waals surface area contributed by atoms with Gasteiger partial charge in [0.2, 0.25) is 65.0 Å². The number of carbonyl (C=O) groups excluding carboxylic acids is 11. The van der Waals surface area contributed by atoms with Crippen molar-refractivity contribution in [1.29, 1.82) is 0 Å². The van der Waals surface area contributed by atoms with E-state index >= 15 is 28.8 Å². The summed E-state index contributed by atoms with van der Waals surface area (Å²) >= 11 is 1.40. The van der Waals surface area contributed by atoms with E-state index in [1.54, 1.807) is 60.0 Å². The third-order valence-electron chi connectivity index (χ3n) is 17.9. The summed E-state index contributed by atoms with van der Waals surface area (Å²) in [5, 5.41) is 23.5. The molecule has 1 saturated heterocycles. The molecule has 1 aliphatic rings. The Morgan fingerprint density at radius 3 is 1.38 bits per heavy atom. The van der Waals surface area contributed by atoms with Crippen LogP contribution in [-0.2, 0) is 59.2 Å². The first-order chi connectivity index (χ1) is 44.2. The lowest BCUT2D eigenvalue weighted by Crippen LogP contribution is -2.64. The minimum atomic E-state index is -1.64. The van der Waals surface area contributed by atoms with Crippen LogP contribution in [0.3, 0.4) is 0 Å². The molecule has 95 heavy (non-hydrogen) atoms. The van der Waals surface area contributed by atoms with E-state index < -0.39 is 155 Å². The van der Waals surface area contributed by atoms with Gasteiger partial charge in [-0.2, -0.15) is 11.8 Å². The van der Waals surface area contributed by atoms with Crippen LogP contribution in [0.25, 0.3) is 0 Å². The molecular weight excluding hydrogens is 1230 g/mol. The number of rotatable bonds is 20. The van der Waals surface area contributed by atoms with Crippen LogP contribution in [0.5, 0.6) is 0 Å². The number of aliphatic hydroxyl groups excluding tert-OH is 1. The number of aryl methyl sites for hydroxylation is 1. The molecule has 0 bridgehead atoms. The fourth-order valence-corrected chi connectivity index (χ4v) is 13.1. The van der Waals surface area contributed by atoms with E-state index in [0.717, 1.165) is 10.5 Å². The van der Waals surface area contributed by atoms with Gasteiger partial charge < -0.3 is 60.7 Å². The fraction of sp³-hybridized carbons (Fsp3) is 0.743. The van der Waals surface area contributed by atoms with E-state index in [1.165, 1.54) is 104 Å². The van der Waals surface area contributed by atoms with Crippen molar-refractivity contribution in [2.45, 2.75) is 235 Å². The standard InChI is InChI=1S/C70H120N12O12S/c1-25-27-28-46(15)59(83)58-63(87)74-50(26-2)65(89)80(22)55(39-95-34-31-49-29-32-71-33-30-49)68(92)76(18)52(36-41(5)6)62(86)75-56(44(11)12)69(93)77(19)51(35-40(3)4)61(85)72-47(16)60(84)73-48(17)64(88)78(20)53(37-42(7)8)66(90)79(21)54(38-43(9)10)67(91)81(23)57(45(13)14)70(94)82(58)24/h25,27,29-30,32-33,40-48,50-59,83H,26,28,31,34-39H2,1-24H3,(H,72,85)(H,73,84)(H,74,87)(H,75,86)/t46-,47-,48+,50-,51?,52+,53-,54-,55-,56-,57-,58-,59-/m1/s1. The Bertz CT molecular complexity index is 2750. The lowest BCUT2D eigenvalue weighted by molar-refractivity contribution is -0.157. The highest BCUT2D eigenvalue weighted by atomic mass is 32.2. The molecule has 11 amide bonds. The predicted molar refractivity (Wildman–Crippen MR) is 373 cm³/mol. The van der Waals surface area contributed by atoms with Gasteiger partial charge in [0.25, 0.3) is 0 Å². The van der Waals surface area contributed by atoms with Gasteiger partial charge in [-0.1, -0.05) is 109 Å². The summed E-state index contributed by atoms with van der Waals surface area (Å²) in [6.07, 6.45) is 6.89. The normalized spacial score (nSPS) is 26.1. The molecule has 2 rings (SSSR count). The van der Waals surface area contributed by atoms with Gasteiger partial charge in [0.05, 0.1) is 6.10 Å². The van der Waals surface area contributed by atoms with Crippen LogP contribution >= 0.6 is 11.8 Å².